The van der Waals surface area contributed by atoms with E-state index in [0.29, 0.717) is 11.5 Å². The molecule has 0 aromatic carbocycles. The molecule has 1 saturated heterocycles. The van der Waals surface area contributed by atoms with Crippen LogP contribution in [0.25, 0.3) is 0 Å². The van der Waals surface area contributed by atoms with Gasteiger partial charge in [-0.2, -0.15) is 0 Å². The molecule has 1 heterocycles. The molecular weight excluding hydrogens is 184 g/mol. The third-order valence-electron chi connectivity index (χ3n) is 3.14. The van der Waals surface area contributed by atoms with Crippen molar-refractivity contribution < 1.29 is 0 Å². The van der Waals surface area contributed by atoms with Crippen LogP contribution in [0.15, 0.2) is 12.3 Å². The number of rotatable bonds is 0. The van der Waals surface area contributed by atoms with Crippen LogP contribution in [-0.2, 0) is 0 Å². The van der Waals surface area contributed by atoms with Gasteiger partial charge in [-0.3, -0.25) is 4.90 Å². The van der Waals surface area contributed by atoms with Crippen molar-refractivity contribution in [1.29, 1.82) is 0 Å². The summed E-state index contributed by atoms with van der Waals surface area (Å²) in [6, 6.07) is 0.572. The average Bonchev–Trinajstić information content (AvgIpc) is 2.00. The molecule has 1 rings (SSSR count). The van der Waals surface area contributed by atoms with Crippen molar-refractivity contribution in [2.45, 2.75) is 53.1 Å². The molecule has 2 nitrogen and oxygen atoms in total. The van der Waals surface area contributed by atoms with Crippen LogP contribution in [0.3, 0.4) is 0 Å². The molecule has 0 saturated carbocycles. The smallest absolute Gasteiger partial charge is 0.0384 e. The molecule has 1 atom stereocenters. The molecule has 1 unspecified atom stereocenters. The van der Waals surface area contributed by atoms with Gasteiger partial charge >= 0.3 is 0 Å². The summed E-state index contributed by atoms with van der Waals surface area (Å²) in [6.07, 6.45) is 0. The van der Waals surface area contributed by atoms with Crippen LogP contribution in [0.4, 0.5) is 0 Å². The lowest BCUT2D eigenvalue weighted by Crippen LogP contribution is -2.61. The first-order valence-electron chi connectivity index (χ1n) is 5.81. The first-order chi connectivity index (χ1) is 6.62. The summed E-state index contributed by atoms with van der Waals surface area (Å²) in [5.74, 6) is 0. The maximum Gasteiger partial charge on any atom is 0.0384 e. The maximum atomic E-state index is 4.04. The predicted molar refractivity (Wildman–Crippen MR) is 66.8 cm³/mol. The summed E-state index contributed by atoms with van der Waals surface area (Å²) >= 11 is 0. The van der Waals surface area contributed by atoms with Crippen molar-refractivity contribution in [3.63, 3.8) is 0 Å². The molecule has 0 aromatic heterocycles. The van der Waals surface area contributed by atoms with Gasteiger partial charge in [-0.1, -0.05) is 27.4 Å². The lowest BCUT2D eigenvalue weighted by atomic mass is 9.82. The number of nitrogens with one attached hydrogen (secondary N) is 1. The van der Waals surface area contributed by atoms with Crippen molar-refractivity contribution in [2.24, 2.45) is 5.41 Å². The fourth-order valence-electron chi connectivity index (χ4n) is 2.20. The van der Waals surface area contributed by atoms with E-state index in [2.05, 4.69) is 58.3 Å². The second-order valence-corrected chi connectivity index (χ2v) is 6.66. The molecule has 1 N–H and O–H groups in total. The third-order valence-corrected chi connectivity index (χ3v) is 3.14. The van der Waals surface area contributed by atoms with Gasteiger partial charge in [-0.05, 0) is 26.2 Å². The molecule has 0 aromatic rings. The largest absolute Gasteiger partial charge is 0.386 e. The number of hydrogen-bond acceptors (Lipinski definition) is 2. The predicted octanol–water partition coefficient (Wildman–Crippen LogP) is 2.62. The first kappa shape index (κ1) is 12.6. The second kappa shape index (κ2) is 3.82. The normalized spacial score (nSPS) is 25.2. The lowest BCUT2D eigenvalue weighted by Gasteiger charge is -2.50. The Bertz CT molecular complexity index is 242. The number of hydrogen-bond donors (Lipinski definition) is 1. The van der Waals surface area contributed by atoms with E-state index in [1.807, 2.05) is 0 Å². The van der Waals surface area contributed by atoms with E-state index >= 15 is 0 Å². The molecule has 1 aliphatic heterocycles. The van der Waals surface area contributed by atoms with Gasteiger partial charge in [0, 0.05) is 30.4 Å². The van der Waals surface area contributed by atoms with E-state index in [0.717, 1.165) is 18.8 Å². The monoisotopic (exact) mass is 210 g/mol. The minimum absolute atomic E-state index is 0.211. The summed E-state index contributed by atoms with van der Waals surface area (Å²) in [6.45, 7) is 19.8. The van der Waals surface area contributed by atoms with E-state index in [1.165, 1.54) is 0 Å². The van der Waals surface area contributed by atoms with Crippen LogP contribution in [0.1, 0.15) is 41.5 Å². The molecule has 0 bridgehead atoms. The molecule has 1 aliphatic rings. The van der Waals surface area contributed by atoms with Gasteiger partial charge in [0.25, 0.3) is 0 Å². The van der Waals surface area contributed by atoms with Crippen LogP contribution < -0.4 is 5.32 Å². The molecule has 0 aliphatic carbocycles. The van der Waals surface area contributed by atoms with Crippen LogP contribution in [0.2, 0.25) is 0 Å². The van der Waals surface area contributed by atoms with E-state index in [-0.39, 0.29) is 5.54 Å². The maximum absolute atomic E-state index is 4.04. The molecule has 15 heavy (non-hydrogen) atoms. The molecule has 1 fully saturated rings. The summed E-state index contributed by atoms with van der Waals surface area (Å²) < 4.78 is 0. The van der Waals surface area contributed by atoms with Crippen LogP contribution in [-0.4, -0.2) is 29.6 Å². The van der Waals surface area contributed by atoms with Crippen molar-refractivity contribution in [3.8, 4) is 0 Å². The van der Waals surface area contributed by atoms with Gasteiger partial charge in [-0.15, -0.1) is 0 Å². The SMILES string of the molecule is C=C1CN(C(C)(C)C)C(C(C)(C)C)CN1. The Morgan fingerprint density at radius 2 is 1.73 bits per heavy atom. The van der Waals surface area contributed by atoms with Gasteiger partial charge in [0.1, 0.15) is 0 Å². The number of piperazine rings is 1. The Morgan fingerprint density at radius 1 is 1.20 bits per heavy atom. The highest BCUT2D eigenvalue weighted by atomic mass is 15.3. The second-order valence-electron chi connectivity index (χ2n) is 6.66. The zero-order valence-corrected chi connectivity index (χ0v) is 11.1. The lowest BCUT2D eigenvalue weighted by molar-refractivity contribution is 0.0168. The highest BCUT2D eigenvalue weighted by Crippen LogP contribution is 2.31. The summed E-state index contributed by atoms with van der Waals surface area (Å²) in [4.78, 5) is 2.56. The topological polar surface area (TPSA) is 15.3 Å². The van der Waals surface area contributed by atoms with Gasteiger partial charge in [0.2, 0.25) is 0 Å². The third kappa shape index (κ3) is 2.97. The Labute approximate surface area is 94.7 Å². The zero-order chi connectivity index (χ0) is 11.9. The molecule has 0 spiro atoms. The van der Waals surface area contributed by atoms with Gasteiger partial charge in [0.05, 0.1) is 0 Å². The zero-order valence-electron chi connectivity index (χ0n) is 11.1. The van der Waals surface area contributed by atoms with E-state index in [4.69, 9.17) is 0 Å². The highest BCUT2D eigenvalue weighted by molar-refractivity contribution is 5.06. The van der Waals surface area contributed by atoms with Crippen molar-refractivity contribution in [2.75, 3.05) is 13.1 Å². The quantitative estimate of drug-likeness (QED) is 0.661. The standard InChI is InChI=1S/C13H26N2/c1-10-9-15(13(5,6)7)11(8-14-10)12(2,3)4/h11,14H,1,8-9H2,2-7H3. The van der Waals surface area contributed by atoms with E-state index < -0.39 is 0 Å². The fourth-order valence-corrected chi connectivity index (χ4v) is 2.20. The van der Waals surface area contributed by atoms with Gasteiger partial charge in [0.15, 0.2) is 0 Å². The van der Waals surface area contributed by atoms with E-state index in [1.54, 1.807) is 0 Å². The van der Waals surface area contributed by atoms with Crippen molar-refractivity contribution >= 4 is 0 Å². The summed E-state index contributed by atoms with van der Waals surface area (Å²) in [7, 11) is 0. The van der Waals surface area contributed by atoms with Crippen molar-refractivity contribution in [3.05, 3.63) is 12.3 Å². The average molecular weight is 210 g/mol. The highest BCUT2D eigenvalue weighted by Gasteiger charge is 2.38. The molecule has 2 heteroatoms. The Morgan fingerprint density at radius 3 is 2.13 bits per heavy atom. The first-order valence-corrected chi connectivity index (χ1v) is 5.81. The molecule has 0 radical (unpaired) electrons. The van der Waals surface area contributed by atoms with Crippen LogP contribution >= 0.6 is 0 Å². The Hall–Kier alpha value is -0.500. The number of nitrogens with zero attached hydrogens (tertiary/aromatic N) is 1. The Balaban J connectivity index is 2.90. The Kier molecular flexibility index (Phi) is 3.20. The molecule has 88 valence electrons. The van der Waals surface area contributed by atoms with E-state index in [9.17, 15) is 0 Å². The van der Waals surface area contributed by atoms with Crippen molar-refractivity contribution in [1.82, 2.24) is 10.2 Å². The summed E-state index contributed by atoms with van der Waals surface area (Å²) in [5, 5.41) is 3.40. The minimum Gasteiger partial charge on any atom is -0.386 e. The van der Waals surface area contributed by atoms with Gasteiger partial charge in [-0.25, -0.2) is 0 Å². The fraction of sp³-hybridized carbons (Fsp3) is 0.846. The molecule has 0 amide bonds. The summed E-state index contributed by atoms with van der Waals surface area (Å²) in [5.41, 5.74) is 1.66. The van der Waals surface area contributed by atoms with Gasteiger partial charge < -0.3 is 5.32 Å². The molecular formula is C13H26N2. The van der Waals surface area contributed by atoms with Crippen LogP contribution in [0, 0.1) is 5.41 Å². The minimum atomic E-state index is 0.211. The van der Waals surface area contributed by atoms with Crippen LogP contribution in [0.5, 0.6) is 0 Å².